The van der Waals surface area contributed by atoms with Crippen molar-refractivity contribution in [3.05, 3.63) is 59.1 Å². The molecule has 1 fully saturated rings. The van der Waals surface area contributed by atoms with E-state index in [1.807, 2.05) is 12.1 Å². The number of nitrogens with zero attached hydrogens (tertiary/aromatic N) is 2. The molecule has 2 aromatic carbocycles. The summed E-state index contributed by atoms with van der Waals surface area (Å²) in [6.45, 7) is 6.84. The third kappa shape index (κ3) is 3.94. The number of benzene rings is 2. The number of hydrogen-bond acceptors (Lipinski definition) is 4. The summed E-state index contributed by atoms with van der Waals surface area (Å²) in [7, 11) is 0. The topological polar surface area (TPSA) is 49.9 Å². The maximum absolute atomic E-state index is 13.1. The highest BCUT2D eigenvalue weighted by Crippen LogP contribution is 2.36. The molecule has 0 spiro atoms. The first kappa shape index (κ1) is 20.5. The summed E-state index contributed by atoms with van der Waals surface area (Å²) in [5.74, 6) is 0.233. The van der Waals surface area contributed by atoms with Crippen LogP contribution in [-0.4, -0.2) is 31.5 Å². The van der Waals surface area contributed by atoms with Gasteiger partial charge in [0.15, 0.2) is 0 Å². The Morgan fingerprint density at radius 2 is 1.50 bits per heavy atom. The van der Waals surface area contributed by atoms with Crippen LogP contribution in [0.2, 0.25) is 0 Å². The SMILES string of the molecule is CC(C)COc1ccc(C2=C(Cl)C(=O)N(c3ccc(N4CCCC4)cc3)C2=O)cc1. The van der Waals surface area contributed by atoms with Crippen molar-refractivity contribution >= 4 is 40.4 Å². The molecule has 0 saturated carbocycles. The summed E-state index contributed by atoms with van der Waals surface area (Å²) in [5.41, 5.74) is 2.46. The van der Waals surface area contributed by atoms with E-state index in [-0.39, 0.29) is 10.6 Å². The van der Waals surface area contributed by atoms with E-state index in [9.17, 15) is 9.59 Å². The molecule has 0 atom stereocenters. The zero-order valence-electron chi connectivity index (χ0n) is 17.2. The van der Waals surface area contributed by atoms with Gasteiger partial charge < -0.3 is 9.64 Å². The second kappa shape index (κ2) is 8.52. The van der Waals surface area contributed by atoms with Gasteiger partial charge in [-0.3, -0.25) is 9.59 Å². The fourth-order valence-electron chi connectivity index (χ4n) is 3.76. The fraction of sp³-hybridized carbons (Fsp3) is 0.333. The Labute approximate surface area is 181 Å². The molecule has 156 valence electrons. The van der Waals surface area contributed by atoms with E-state index < -0.39 is 11.8 Å². The van der Waals surface area contributed by atoms with Crippen molar-refractivity contribution in [2.24, 2.45) is 5.92 Å². The monoisotopic (exact) mass is 424 g/mol. The van der Waals surface area contributed by atoms with E-state index >= 15 is 0 Å². The van der Waals surface area contributed by atoms with Gasteiger partial charge >= 0.3 is 0 Å². The Morgan fingerprint density at radius 3 is 2.10 bits per heavy atom. The Balaban J connectivity index is 1.54. The van der Waals surface area contributed by atoms with Crippen LogP contribution in [0.25, 0.3) is 5.57 Å². The van der Waals surface area contributed by atoms with Gasteiger partial charge in [-0.1, -0.05) is 37.6 Å². The van der Waals surface area contributed by atoms with Gasteiger partial charge in [-0.25, -0.2) is 4.90 Å². The van der Waals surface area contributed by atoms with Crippen LogP contribution in [0.5, 0.6) is 5.75 Å². The lowest BCUT2D eigenvalue weighted by atomic mass is 10.1. The summed E-state index contributed by atoms with van der Waals surface area (Å²) < 4.78 is 5.69. The van der Waals surface area contributed by atoms with Crippen molar-refractivity contribution in [2.45, 2.75) is 26.7 Å². The molecule has 0 radical (unpaired) electrons. The van der Waals surface area contributed by atoms with E-state index in [1.54, 1.807) is 36.4 Å². The Morgan fingerprint density at radius 1 is 0.900 bits per heavy atom. The highest BCUT2D eigenvalue weighted by molar-refractivity contribution is 6.60. The number of anilines is 2. The van der Waals surface area contributed by atoms with Crippen LogP contribution in [0.15, 0.2) is 53.6 Å². The molecule has 2 aliphatic heterocycles. The molecule has 2 heterocycles. The van der Waals surface area contributed by atoms with Crippen LogP contribution < -0.4 is 14.5 Å². The average Bonchev–Trinajstić information content (AvgIpc) is 3.35. The molecule has 2 aromatic rings. The molecule has 1 saturated heterocycles. The molecule has 0 aliphatic carbocycles. The standard InChI is InChI=1S/C24H25ClN2O3/c1-16(2)15-30-20-11-5-17(6-12-20)21-22(25)24(29)27(23(21)28)19-9-7-18(8-10-19)26-13-3-4-14-26/h5-12,16H,3-4,13-15H2,1-2H3. The minimum atomic E-state index is -0.495. The van der Waals surface area contributed by atoms with Crippen molar-refractivity contribution in [3.8, 4) is 5.75 Å². The van der Waals surface area contributed by atoms with Gasteiger partial charge in [0.05, 0.1) is 17.9 Å². The first-order valence-electron chi connectivity index (χ1n) is 10.3. The number of amides is 2. The zero-order chi connectivity index (χ0) is 21.3. The number of imide groups is 1. The molecule has 0 N–H and O–H groups in total. The van der Waals surface area contributed by atoms with E-state index in [0.29, 0.717) is 23.8 Å². The van der Waals surface area contributed by atoms with Crippen LogP contribution in [0.3, 0.4) is 0 Å². The molecule has 30 heavy (non-hydrogen) atoms. The highest BCUT2D eigenvalue weighted by atomic mass is 35.5. The molecule has 5 nitrogen and oxygen atoms in total. The van der Waals surface area contributed by atoms with Crippen LogP contribution in [0.1, 0.15) is 32.3 Å². The number of halogens is 1. The molecular formula is C24H25ClN2O3. The predicted molar refractivity (Wildman–Crippen MR) is 120 cm³/mol. The third-order valence-corrected chi connectivity index (χ3v) is 5.68. The van der Waals surface area contributed by atoms with Gasteiger partial charge in [0, 0.05) is 18.8 Å². The number of hydrogen-bond donors (Lipinski definition) is 0. The maximum Gasteiger partial charge on any atom is 0.277 e. The lowest BCUT2D eigenvalue weighted by Crippen LogP contribution is -2.31. The lowest BCUT2D eigenvalue weighted by Gasteiger charge is -2.20. The number of carbonyl (C=O) groups is 2. The van der Waals surface area contributed by atoms with Crippen molar-refractivity contribution < 1.29 is 14.3 Å². The van der Waals surface area contributed by atoms with E-state index in [2.05, 4.69) is 18.7 Å². The zero-order valence-corrected chi connectivity index (χ0v) is 18.0. The summed E-state index contributed by atoms with van der Waals surface area (Å²) in [4.78, 5) is 29.3. The highest BCUT2D eigenvalue weighted by Gasteiger charge is 2.39. The first-order valence-corrected chi connectivity index (χ1v) is 10.7. The molecule has 6 heteroatoms. The maximum atomic E-state index is 13.1. The minimum Gasteiger partial charge on any atom is -0.493 e. The van der Waals surface area contributed by atoms with Gasteiger partial charge in [0.2, 0.25) is 0 Å². The molecule has 2 amide bonds. The molecule has 0 unspecified atom stereocenters. The van der Waals surface area contributed by atoms with Gasteiger partial charge in [0.25, 0.3) is 11.8 Å². The largest absolute Gasteiger partial charge is 0.493 e. The molecule has 0 bridgehead atoms. The average molecular weight is 425 g/mol. The van der Waals surface area contributed by atoms with Crippen LogP contribution in [0.4, 0.5) is 11.4 Å². The second-order valence-corrected chi connectivity index (χ2v) is 8.45. The predicted octanol–water partition coefficient (Wildman–Crippen LogP) is 4.84. The van der Waals surface area contributed by atoms with Crippen LogP contribution in [-0.2, 0) is 9.59 Å². The van der Waals surface area contributed by atoms with Gasteiger partial charge in [-0.05, 0) is 60.7 Å². The minimum absolute atomic E-state index is 0.0560. The van der Waals surface area contributed by atoms with Gasteiger partial charge in [-0.2, -0.15) is 0 Å². The summed E-state index contributed by atoms with van der Waals surface area (Å²) in [6.07, 6.45) is 2.38. The number of ether oxygens (including phenoxy) is 1. The van der Waals surface area contributed by atoms with Crippen LogP contribution in [0, 0.1) is 5.92 Å². The van der Waals surface area contributed by atoms with Crippen molar-refractivity contribution in [1.29, 1.82) is 0 Å². The Kier molecular flexibility index (Phi) is 5.82. The van der Waals surface area contributed by atoms with Crippen molar-refractivity contribution in [3.63, 3.8) is 0 Å². The summed E-state index contributed by atoms with van der Waals surface area (Å²) in [6, 6.07) is 14.6. The molecule has 0 aromatic heterocycles. The number of carbonyl (C=O) groups excluding carboxylic acids is 2. The number of rotatable bonds is 6. The van der Waals surface area contributed by atoms with Gasteiger partial charge in [-0.15, -0.1) is 0 Å². The van der Waals surface area contributed by atoms with Crippen molar-refractivity contribution in [1.82, 2.24) is 0 Å². The smallest absolute Gasteiger partial charge is 0.277 e. The van der Waals surface area contributed by atoms with E-state index in [1.165, 1.54) is 12.8 Å². The molecule has 2 aliphatic rings. The quantitative estimate of drug-likeness (QED) is 0.622. The summed E-state index contributed by atoms with van der Waals surface area (Å²) >= 11 is 6.31. The van der Waals surface area contributed by atoms with E-state index in [0.717, 1.165) is 29.4 Å². The summed E-state index contributed by atoms with van der Waals surface area (Å²) in [5, 5.41) is -0.0560. The molecular weight excluding hydrogens is 400 g/mol. The van der Waals surface area contributed by atoms with E-state index in [4.69, 9.17) is 16.3 Å². The van der Waals surface area contributed by atoms with Crippen molar-refractivity contribution in [2.75, 3.05) is 29.5 Å². The Bertz CT molecular complexity index is 975. The third-order valence-electron chi connectivity index (χ3n) is 5.33. The van der Waals surface area contributed by atoms with Gasteiger partial charge in [0.1, 0.15) is 10.8 Å². The normalized spacial score (nSPS) is 16.9. The fourth-order valence-corrected chi connectivity index (χ4v) is 4.03. The van der Waals surface area contributed by atoms with Crippen LogP contribution >= 0.6 is 11.6 Å². The lowest BCUT2D eigenvalue weighted by molar-refractivity contribution is -0.119. The Hall–Kier alpha value is -2.79. The second-order valence-electron chi connectivity index (χ2n) is 8.07. The first-order chi connectivity index (χ1) is 14.5. The molecule has 4 rings (SSSR count).